The van der Waals surface area contributed by atoms with Gasteiger partial charge in [0.05, 0.1) is 11.9 Å². The number of hydrogen-bond donors (Lipinski definition) is 1. The topological polar surface area (TPSA) is 86.8 Å². The number of sulfonamides is 1. The lowest BCUT2D eigenvalue weighted by Crippen LogP contribution is -2.46. The van der Waals surface area contributed by atoms with Crippen LogP contribution in [0, 0.1) is 20.8 Å². The van der Waals surface area contributed by atoms with Gasteiger partial charge in [0, 0.05) is 26.6 Å². The normalized spacial score (nSPS) is 12.2. The second-order valence-corrected chi connectivity index (χ2v) is 10.5. The third kappa shape index (κ3) is 7.60. The highest BCUT2D eigenvalue weighted by Crippen LogP contribution is 2.22. The SMILES string of the molecule is CNC(=O)C(C)N(Cc1cccc(C)c1)C(=O)CCCN(c1cc(C)cc(C)c1)S(C)(=O)=O. The molecule has 0 radical (unpaired) electrons. The number of anilines is 1. The summed E-state index contributed by atoms with van der Waals surface area (Å²) in [4.78, 5) is 27.0. The molecule has 1 unspecified atom stereocenters. The molecule has 2 aromatic rings. The van der Waals surface area contributed by atoms with Crippen LogP contribution in [0.5, 0.6) is 0 Å². The number of rotatable bonds is 10. The molecule has 0 saturated carbocycles. The zero-order valence-electron chi connectivity index (χ0n) is 20.4. The molecule has 1 atom stereocenters. The first-order valence-electron chi connectivity index (χ1n) is 11.0. The highest BCUT2D eigenvalue weighted by atomic mass is 32.2. The van der Waals surface area contributed by atoms with Crippen LogP contribution in [0.1, 0.15) is 42.0 Å². The lowest BCUT2D eigenvalue weighted by Gasteiger charge is -2.29. The highest BCUT2D eigenvalue weighted by Gasteiger charge is 2.26. The van der Waals surface area contributed by atoms with Crippen LogP contribution in [0.15, 0.2) is 42.5 Å². The molecule has 2 amide bonds. The molecule has 0 spiro atoms. The molecular weight excluding hydrogens is 438 g/mol. The van der Waals surface area contributed by atoms with Crippen molar-refractivity contribution in [2.75, 3.05) is 24.2 Å². The minimum absolute atomic E-state index is 0.129. The summed E-state index contributed by atoms with van der Waals surface area (Å²) in [6, 6.07) is 12.8. The zero-order valence-corrected chi connectivity index (χ0v) is 21.2. The van der Waals surface area contributed by atoms with Crippen molar-refractivity contribution in [2.24, 2.45) is 0 Å². The molecule has 180 valence electrons. The monoisotopic (exact) mass is 473 g/mol. The fraction of sp³-hybridized carbons (Fsp3) is 0.440. The van der Waals surface area contributed by atoms with E-state index in [1.807, 2.05) is 63.2 Å². The first-order chi connectivity index (χ1) is 15.4. The van der Waals surface area contributed by atoms with Crippen molar-refractivity contribution in [3.05, 3.63) is 64.7 Å². The van der Waals surface area contributed by atoms with E-state index in [0.29, 0.717) is 18.7 Å². The van der Waals surface area contributed by atoms with Gasteiger partial charge in [0.1, 0.15) is 6.04 Å². The first kappa shape index (κ1) is 26.4. The molecule has 0 aromatic heterocycles. The molecule has 0 aliphatic rings. The van der Waals surface area contributed by atoms with E-state index in [1.165, 1.54) is 10.6 Å². The minimum atomic E-state index is -3.51. The number of likely N-dealkylation sites (N-methyl/N-ethyl adjacent to an activating group) is 1. The van der Waals surface area contributed by atoms with Crippen molar-refractivity contribution in [2.45, 2.75) is 53.1 Å². The van der Waals surface area contributed by atoms with E-state index in [4.69, 9.17) is 0 Å². The van der Waals surface area contributed by atoms with Crippen molar-refractivity contribution in [1.82, 2.24) is 10.2 Å². The van der Waals surface area contributed by atoms with Gasteiger partial charge < -0.3 is 10.2 Å². The van der Waals surface area contributed by atoms with Crippen LogP contribution in [0.3, 0.4) is 0 Å². The Bertz CT molecular complexity index is 1080. The van der Waals surface area contributed by atoms with E-state index in [-0.39, 0.29) is 24.8 Å². The molecule has 8 heteroatoms. The molecule has 7 nitrogen and oxygen atoms in total. The fourth-order valence-corrected chi connectivity index (χ4v) is 4.85. The number of benzene rings is 2. The average Bonchev–Trinajstić information content (AvgIpc) is 2.72. The zero-order chi connectivity index (χ0) is 24.8. The quantitative estimate of drug-likeness (QED) is 0.574. The second kappa shape index (κ2) is 11.3. The average molecular weight is 474 g/mol. The summed E-state index contributed by atoms with van der Waals surface area (Å²) in [5, 5.41) is 2.60. The summed E-state index contributed by atoms with van der Waals surface area (Å²) in [7, 11) is -1.97. The summed E-state index contributed by atoms with van der Waals surface area (Å²) in [6.07, 6.45) is 1.64. The van der Waals surface area contributed by atoms with E-state index in [1.54, 1.807) is 18.9 Å². The lowest BCUT2D eigenvalue weighted by atomic mass is 10.1. The Morgan fingerprint density at radius 2 is 1.64 bits per heavy atom. The Morgan fingerprint density at radius 1 is 1.00 bits per heavy atom. The van der Waals surface area contributed by atoms with E-state index in [2.05, 4.69) is 5.32 Å². The Kier molecular flexibility index (Phi) is 9.05. The fourth-order valence-electron chi connectivity index (χ4n) is 3.90. The van der Waals surface area contributed by atoms with Gasteiger partial charge in [-0.25, -0.2) is 8.42 Å². The van der Waals surface area contributed by atoms with Gasteiger partial charge in [0.15, 0.2) is 0 Å². The maximum Gasteiger partial charge on any atom is 0.242 e. The maximum atomic E-state index is 13.1. The van der Waals surface area contributed by atoms with Crippen LogP contribution in [-0.4, -0.2) is 51.0 Å². The molecule has 0 bridgehead atoms. The number of aryl methyl sites for hydroxylation is 3. The summed E-state index contributed by atoms with van der Waals surface area (Å²) in [5.41, 5.74) is 4.55. The smallest absolute Gasteiger partial charge is 0.242 e. The molecule has 1 N–H and O–H groups in total. The largest absolute Gasteiger partial charge is 0.357 e. The number of carbonyl (C=O) groups is 2. The van der Waals surface area contributed by atoms with Gasteiger partial charge in [-0.15, -0.1) is 0 Å². The summed E-state index contributed by atoms with van der Waals surface area (Å²) in [5.74, 6) is -0.439. The summed E-state index contributed by atoms with van der Waals surface area (Å²) < 4.78 is 26.2. The molecule has 0 aliphatic carbocycles. The van der Waals surface area contributed by atoms with Gasteiger partial charge in [-0.1, -0.05) is 35.9 Å². The maximum absolute atomic E-state index is 13.1. The van der Waals surface area contributed by atoms with Crippen molar-refractivity contribution < 1.29 is 18.0 Å². The van der Waals surface area contributed by atoms with E-state index < -0.39 is 16.1 Å². The number of hydrogen-bond acceptors (Lipinski definition) is 4. The first-order valence-corrected chi connectivity index (χ1v) is 12.9. The molecule has 0 saturated heterocycles. The number of nitrogens with one attached hydrogen (secondary N) is 1. The van der Waals surface area contributed by atoms with Crippen molar-refractivity contribution in [3.8, 4) is 0 Å². The highest BCUT2D eigenvalue weighted by molar-refractivity contribution is 7.92. The van der Waals surface area contributed by atoms with Gasteiger partial charge in [-0.3, -0.25) is 13.9 Å². The van der Waals surface area contributed by atoms with Gasteiger partial charge in [-0.2, -0.15) is 0 Å². The Labute approximate surface area is 197 Å². The van der Waals surface area contributed by atoms with E-state index in [0.717, 1.165) is 22.3 Å². The number of carbonyl (C=O) groups excluding carboxylic acids is 2. The van der Waals surface area contributed by atoms with Crippen LogP contribution in [0.25, 0.3) is 0 Å². The van der Waals surface area contributed by atoms with Gasteiger partial charge in [0.25, 0.3) is 0 Å². The summed E-state index contributed by atoms with van der Waals surface area (Å²) >= 11 is 0. The van der Waals surface area contributed by atoms with Crippen LogP contribution in [0.4, 0.5) is 5.69 Å². The Balaban J connectivity index is 2.17. The number of amides is 2. The Morgan fingerprint density at radius 3 is 2.18 bits per heavy atom. The van der Waals surface area contributed by atoms with Gasteiger partial charge >= 0.3 is 0 Å². The third-order valence-corrected chi connectivity index (χ3v) is 6.69. The minimum Gasteiger partial charge on any atom is -0.357 e. The van der Waals surface area contributed by atoms with Crippen LogP contribution in [-0.2, 0) is 26.2 Å². The molecule has 2 rings (SSSR count). The van der Waals surface area contributed by atoms with Crippen LogP contribution < -0.4 is 9.62 Å². The third-order valence-electron chi connectivity index (χ3n) is 5.50. The van der Waals surface area contributed by atoms with Crippen molar-refractivity contribution >= 4 is 27.5 Å². The van der Waals surface area contributed by atoms with E-state index in [9.17, 15) is 18.0 Å². The predicted octanol–water partition coefficient (Wildman–Crippen LogP) is 3.32. The van der Waals surface area contributed by atoms with Crippen LogP contribution >= 0.6 is 0 Å². The van der Waals surface area contributed by atoms with Crippen LogP contribution in [0.2, 0.25) is 0 Å². The standard InChI is InChI=1S/C25H35N3O4S/c1-18-9-7-10-22(14-18)17-27(21(4)25(30)26-5)24(29)11-8-12-28(33(6,31)32)23-15-19(2)13-20(3)16-23/h7,9-10,13-16,21H,8,11-12,17H2,1-6H3,(H,26,30). The summed E-state index contributed by atoms with van der Waals surface area (Å²) in [6.45, 7) is 8.01. The molecule has 33 heavy (non-hydrogen) atoms. The van der Waals surface area contributed by atoms with Crippen molar-refractivity contribution in [3.63, 3.8) is 0 Å². The number of nitrogens with zero attached hydrogens (tertiary/aromatic N) is 2. The van der Waals surface area contributed by atoms with E-state index >= 15 is 0 Å². The molecule has 0 aliphatic heterocycles. The predicted molar refractivity (Wildman–Crippen MR) is 133 cm³/mol. The van der Waals surface area contributed by atoms with Gasteiger partial charge in [0.2, 0.25) is 21.8 Å². The lowest BCUT2D eigenvalue weighted by molar-refractivity contribution is -0.140. The van der Waals surface area contributed by atoms with Crippen molar-refractivity contribution in [1.29, 1.82) is 0 Å². The Hall–Kier alpha value is -2.87. The molecule has 0 fully saturated rings. The second-order valence-electron chi connectivity index (χ2n) is 8.59. The molecule has 2 aromatic carbocycles. The van der Waals surface area contributed by atoms with Gasteiger partial charge in [-0.05, 0) is 62.9 Å². The molecular formula is C25H35N3O4S. The molecule has 0 heterocycles.